The molecule has 0 aliphatic heterocycles. The van der Waals surface area contributed by atoms with Crippen molar-refractivity contribution in [2.45, 2.75) is 84.2 Å². The molecule has 4 rings (SSSR count). The molecule has 3 N–H and O–H groups in total. The first kappa shape index (κ1) is 22.1. The number of carbonyl (C=O) groups excluding carboxylic acids is 1. The maximum absolute atomic E-state index is 12.9. The lowest BCUT2D eigenvalue weighted by atomic mass is 9.44. The first-order chi connectivity index (χ1) is 13.4. The van der Waals surface area contributed by atoms with Crippen molar-refractivity contribution >= 4 is 25.2 Å². The summed E-state index contributed by atoms with van der Waals surface area (Å²) in [7, 11) is -3.45. The Morgan fingerprint density at radius 1 is 0.966 bits per heavy atom. The lowest BCUT2D eigenvalue weighted by Gasteiger charge is -2.61. The molecule has 4 fully saturated rings. The topological polar surface area (TPSA) is 94.8 Å². The zero-order valence-electron chi connectivity index (χ0n) is 17.9. The summed E-state index contributed by atoms with van der Waals surface area (Å²) in [4.78, 5) is 12.9. The monoisotopic (exact) mass is 445 g/mol. The summed E-state index contributed by atoms with van der Waals surface area (Å²) in [6, 6.07) is 0. The Hall–Kier alpha value is -0.0800. The molecule has 7 heteroatoms. The maximum Gasteiger partial charge on any atom is 0.430 e. The Kier molecular flexibility index (Phi) is 5.51. The van der Waals surface area contributed by atoms with Gasteiger partial charge in [0, 0.05) is 5.92 Å². The predicted octanol–water partition coefficient (Wildman–Crippen LogP) is 4.19. The van der Waals surface area contributed by atoms with Crippen LogP contribution < -0.4 is 0 Å². The lowest BCUT2D eigenvalue weighted by molar-refractivity contribution is -0.150. The van der Waals surface area contributed by atoms with Crippen LogP contribution in [0.1, 0.15) is 78.6 Å². The fourth-order valence-corrected chi connectivity index (χ4v) is 9.48. The molecule has 0 radical (unpaired) electrons. The molecule has 0 aromatic rings. The normalized spacial score (nSPS) is 49.7. The minimum absolute atomic E-state index is 0.0199. The van der Waals surface area contributed by atoms with Crippen molar-refractivity contribution in [2.24, 2.45) is 40.4 Å². The van der Waals surface area contributed by atoms with Crippen molar-refractivity contribution in [3.05, 3.63) is 0 Å². The van der Waals surface area contributed by atoms with E-state index in [-0.39, 0.29) is 22.9 Å². The molecule has 0 spiro atoms. The molecular formula is C22H37O5S2+. The van der Waals surface area contributed by atoms with Crippen LogP contribution in [0.4, 0.5) is 0 Å². The van der Waals surface area contributed by atoms with Crippen molar-refractivity contribution in [1.29, 1.82) is 0 Å². The third-order valence-corrected chi connectivity index (χ3v) is 11.7. The highest BCUT2D eigenvalue weighted by Crippen LogP contribution is 2.68. The average molecular weight is 446 g/mol. The van der Waals surface area contributed by atoms with E-state index in [0.29, 0.717) is 39.4 Å². The van der Waals surface area contributed by atoms with Crippen molar-refractivity contribution in [1.82, 2.24) is 0 Å². The molecule has 4 saturated carbocycles. The molecule has 0 amide bonds. The van der Waals surface area contributed by atoms with Crippen molar-refractivity contribution in [2.75, 3.05) is 5.75 Å². The zero-order chi connectivity index (χ0) is 21.2. The Morgan fingerprint density at radius 2 is 1.66 bits per heavy atom. The molecule has 0 heterocycles. The van der Waals surface area contributed by atoms with Crippen LogP contribution >= 0.6 is 0 Å². The van der Waals surface area contributed by atoms with Crippen LogP contribution in [0.2, 0.25) is 0 Å². The Labute approximate surface area is 178 Å². The molecular weight excluding hydrogens is 408 g/mol. The van der Waals surface area contributed by atoms with Gasteiger partial charge in [-0.1, -0.05) is 13.8 Å². The number of Topliss-reactive ketones (excluding diaryl/α,β-unsaturated/α-hetero) is 1. The van der Waals surface area contributed by atoms with Gasteiger partial charge in [-0.2, -0.15) is 4.21 Å². The van der Waals surface area contributed by atoms with Gasteiger partial charge >= 0.3 is 19.4 Å². The van der Waals surface area contributed by atoms with E-state index in [9.17, 15) is 14.1 Å². The van der Waals surface area contributed by atoms with E-state index >= 15 is 0 Å². The second kappa shape index (κ2) is 7.22. The maximum atomic E-state index is 12.9. The Morgan fingerprint density at radius 3 is 2.34 bits per heavy atom. The van der Waals surface area contributed by atoms with E-state index in [1.54, 1.807) is 0 Å². The summed E-state index contributed by atoms with van der Waals surface area (Å²) >= 11 is 0. The van der Waals surface area contributed by atoms with Gasteiger partial charge in [-0.25, -0.2) is 0 Å². The number of hydrogen-bond donors (Lipinski definition) is 3. The van der Waals surface area contributed by atoms with Crippen molar-refractivity contribution < 1.29 is 23.2 Å². The molecule has 29 heavy (non-hydrogen) atoms. The molecule has 0 unspecified atom stereocenters. The standard InChI is InChI=1S/C22H36O5S2/c1-20(24)10-11-21(2)14(12-20)4-5-15-16-6-7-18(19(23)13-28-29(25,26)27)22(16,3)9-8-17(15)21/h14-18,24H,4-13H2,1-3H3,(H-,25,26,27)/p+1/t14-,15-,16-,17-,18+,20+,21-,22-/m0/s1. The van der Waals surface area contributed by atoms with Gasteiger partial charge in [-0.15, -0.1) is 0 Å². The summed E-state index contributed by atoms with van der Waals surface area (Å²) in [5.41, 5.74) is -0.224. The molecule has 4 aliphatic carbocycles. The number of rotatable bonds is 3. The third-order valence-electron chi connectivity index (χ3n) is 9.70. The van der Waals surface area contributed by atoms with Crippen LogP contribution in [0.5, 0.6) is 0 Å². The first-order valence-electron chi connectivity index (χ1n) is 11.2. The Bertz CT molecular complexity index is 793. The van der Waals surface area contributed by atoms with E-state index in [0.717, 1.165) is 44.9 Å². The number of aliphatic hydroxyl groups is 1. The molecule has 0 saturated heterocycles. The van der Waals surface area contributed by atoms with Gasteiger partial charge in [0.25, 0.3) is 0 Å². The third kappa shape index (κ3) is 3.84. The quantitative estimate of drug-likeness (QED) is 0.566. The molecule has 166 valence electrons. The van der Waals surface area contributed by atoms with E-state index in [4.69, 9.17) is 9.11 Å². The van der Waals surface area contributed by atoms with Crippen LogP contribution in [0.3, 0.4) is 0 Å². The first-order valence-corrected chi connectivity index (χ1v) is 14.2. The molecule has 0 bridgehead atoms. The van der Waals surface area contributed by atoms with Crippen molar-refractivity contribution in [3.63, 3.8) is 0 Å². The van der Waals surface area contributed by atoms with E-state index in [1.165, 1.54) is 12.8 Å². The molecule has 0 aromatic heterocycles. The second-order valence-corrected chi connectivity index (χ2v) is 14.6. The fraction of sp³-hybridized carbons (Fsp3) is 0.955. The van der Waals surface area contributed by atoms with Gasteiger partial charge in [0.1, 0.15) is 0 Å². The lowest BCUT2D eigenvalue weighted by Crippen LogP contribution is -2.55. The highest BCUT2D eigenvalue weighted by molar-refractivity contribution is 8.34. The van der Waals surface area contributed by atoms with Crippen LogP contribution in [0.25, 0.3) is 0 Å². The number of hydrogen-bond acceptors (Lipinski definition) is 3. The summed E-state index contributed by atoms with van der Waals surface area (Å²) in [5, 5.41) is 10.6. The molecule has 4 aliphatic rings. The number of ketones is 1. The van der Waals surface area contributed by atoms with Gasteiger partial charge < -0.3 is 5.11 Å². The van der Waals surface area contributed by atoms with Crippen LogP contribution in [-0.2, 0) is 24.2 Å². The number of carbonyl (C=O) groups is 1. The van der Waals surface area contributed by atoms with Gasteiger partial charge in [0.05, 0.1) is 5.60 Å². The summed E-state index contributed by atoms with van der Waals surface area (Å²) in [5.74, 6) is 2.39. The zero-order valence-corrected chi connectivity index (χ0v) is 19.6. The van der Waals surface area contributed by atoms with Gasteiger partial charge in [-0.05, 0) is 99.2 Å². The molecule has 5 nitrogen and oxygen atoms in total. The van der Waals surface area contributed by atoms with E-state index in [2.05, 4.69) is 13.8 Å². The van der Waals surface area contributed by atoms with Crippen LogP contribution in [0, 0.1) is 40.4 Å². The average Bonchev–Trinajstić information content (AvgIpc) is 2.97. The summed E-state index contributed by atoms with van der Waals surface area (Å²) < 4.78 is 29.4. The van der Waals surface area contributed by atoms with E-state index < -0.39 is 14.7 Å². The second-order valence-electron chi connectivity index (χ2n) is 11.2. The van der Waals surface area contributed by atoms with Crippen molar-refractivity contribution in [3.8, 4) is 0 Å². The fourth-order valence-electron chi connectivity index (χ4n) is 8.20. The minimum Gasteiger partial charge on any atom is -0.390 e. The highest BCUT2D eigenvalue weighted by Gasteiger charge is 2.62. The highest BCUT2D eigenvalue weighted by atomic mass is 32.9. The minimum atomic E-state index is -3.92. The van der Waals surface area contributed by atoms with E-state index in [1.807, 2.05) is 6.92 Å². The molecule has 8 atom stereocenters. The smallest absolute Gasteiger partial charge is 0.390 e. The number of fused-ring (bicyclic) bond motifs is 5. The summed E-state index contributed by atoms with van der Waals surface area (Å²) in [6.45, 7) is 6.75. The predicted molar refractivity (Wildman–Crippen MR) is 116 cm³/mol. The van der Waals surface area contributed by atoms with Gasteiger partial charge in [0.2, 0.25) is 5.75 Å². The molecule has 0 aromatic carbocycles. The van der Waals surface area contributed by atoms with Gasteiger partial charge in [0.15, 0.2) is 5.78 Å². The largest absolute Gasteiger partial charge is 0.430 e. The SMILES string of the molecule is C[C@@]1(O)CC[C@@]2(C)[C@@H](CC[C@@H]3[C@@H]2CC[C@]2(C)[C@@H](C(=O)C[S+]=S(=O)(O)O)CC[C@@H]32)C1. The Balaban J connectivity index is 1.54. The summed E-state index contributed by atoms with van der Waals surface area (Å²) in [6.07, 6.45) is 9.47. The van der Waals surface area contributed by atoms with Gasteiger partial charge in [-0.3, -0.25) is 13.9 Å². The van der Waals surface area contributed by atoms with Crippen LogP contribution in [0.15, 0.2) is 0 Å². The van der Waals surface area contributed by atoms with Crippen LogP contribution in [-0.4, -0.2) is 35.6 Å².